The number of nitrogens with one attached hydrogen (secondary N) is 1. The van der Waals surface area contributed by atoms with Gasteiger partial charge in [0.1, 0.15) is 0 Å². The second-order valence-corrected chi connectivity index (χ2v) is 9.54. The van der Waals surface area contributed by atoms with Crippen LogP contribution in [0, 0.1) is 6.92 Å². The van der Waals surface area contributed by atoms with Gasteiger partial charge >= 0.3 is 0 Å². The van der Waals surface area contributed by atoms with E-state index in [1.54, 1.807) is 26.0 Å². The van der Waals surface area contributed by atoms with E-state index in [0.29, 0.717) is 11.1 Å². The normalized spacial score (nSPS) is 25.1. The Morgan fingerprint density at radius 1 is 1.38 bits per heavy atom. The number of hydrogen-bond donors (Lipinski definition) is 2. The highest BCUT2D eigenvalue weighted by Gasteiger charge is 2.41. The van der Waals surface area contributed by atoms with Crippen LogP contribution in [0.5, 0.6) is 0 Å². The van der Waals surface area contributed by atoms with Gasteiger partial charge in [0.25, 0.3) is 0 Å². The van der Waals surface area contributed by atoms with E-state index < -0.39 is 25.4 Å². The maximum Gasteiger partial charge on any atom is 0.241 e. The molecule has 1 aliphatic heterocycles. The Labute approximate surface area is 125 Å². The van der Waals surface area contributed by atoms with Gasteiger partial charge < -0.3 is 5.11 Å². The van der Waals surface area contributed by atoms with Crippen molar-refractivity contribution < 1.29 is 21.9 Å². The molecule has 1 aliphatic rings. The highest BCUT2D eigenvalue weighted by molar-refractivity contribution is 7.92. The minimum absolute atomic E-state index is 0.0122. The Balaban J connectivity index is 2.36. The van der Waals surface area contributed by atoms with Crippen molar-refractivity contribution in [1.82, 2.24) is 4.72 Å². The average Bonchev–Trinajstić information content (AvgIpc) is 2.62. The predicted octanol–water partition coefficient (Wildman–Crippen LogP) is 0.343. The van der Waals surface area contributed by atoms with Crippen LogP contribution < -0.4 is 4.72 Å². The summed E-state index contributed by atoms with van der Waals surface area (Å²) in [6.45, 7) is 2.97. The lowest BCUT2D eigenvalue weighted by molar-refractivity contribution is 0.280. The lowest BCUT2D eigenvalue weighted by atomic mass is 10.0. The molecule has 0 amide bonds. The van der Waals surface area contributed by atoms with Crippen molar-refractivity contribution in [3.8, 4) is 0 Å². The molecule has 1 fully saturated rings. The van der Waals surface area contributed by atoms with Crippen LogP contribution in [0.25, 0.3) is 0 Å². The van der Waals surface area contributed by atoms with Crippen molar-refractivity contribution in [3.05, 3.63) is 29.3 Å². The summed E-state index contributed by atoms with van der Waals surface area (Å²) >= 11 is 0. The fraction of sp³-hybridized carbons (Fsp3) is 0.538. The van der Waals surface area contributed by atoms with Crippen LogP contribution in [-0.4, -0.2) is 39.0 Å². The summed E-state index contributed by atoms with van der Waals surface area (Å²) in [4.78, 5) is 0.0690. The van der Waals surface area contributed by atoms with Crippen molar-refractivity contribution >= 4 is 19.9 Å². The Morgan fingerprint density at radius 3 is 2.57 bits per heavy atom. The number of sulfonamides is 1. The molecule has 0 radical (unpaired) electrons. The van der Waals surface area contributed by atoms with Gasteiger partial charge in [-0.3, -0.25) is 0 Å². The fourth-order valence-corrected chi connectivity index (χ4v) is 6.50. The number of aliphatic hydroxyl groups is 1. The number of aliphatic hydroxyl groups excluding tert-OH is 1. The fourth-order valence-electron chi connectivity index (χ4n) is 2.59. The molecule has 2 rings (SSSR count). The van der Waals surface area contributed by atoms with E-state index in [9.17, 15) is 21.9 Å². The molecular weight excluding hydrogens is 314 g/mol. The van der Waals surface area contributed by atoms with Crippen LogP contribution in [0.1, 0.15) is 24.5 Å². The third kappa shape index (κ3) is 3.45. The van der Waals surface area contributed by atoms with E-state index in [0.717, 1.165) is 0 Å². The molecular formula is C13H19NO5S2. The third-order valence-electron chi connectivity index (χ3n) is 3.74. The number of benzene rings is 1. The summed E-state index contributed by atoms with van der Waals surface area (Å²) in [6.07, 6.45) is 0.257. The summed E-state index contributed by atoms with van der Waals surface area (Å²) in [5.41, 5.74) is 0.0123. The number of sulfone groups is 1. The SMILES string of the molecule is Cc1c(CO)cccc1S(=O)(=O)NC1(C)CCS(=O)(=O)C1. The second kappa shape index (κ2) is 5.35. The molecule has 6 nitrogen and oxygen atoms in total. The number of hydrogen-bond acceptors (Lipinski definition) is 5. The number of rotatable bonds is 4. The van der Waals surface area contributed by atoms with Crippen LogP contribution in [0.3, 0.4) is 0 Å². The third-order valence-corrected chi connectivity index (χ3v) is 7.43. The zero-order valence-corrected chi connectivity index (χ0v) is 13.6. The van der Waals surface area contributed by atoms with Crippen molar-refractivity contribution in [1.29, 1.82) is 0 Å². The monoisotopic (exact) mass is 333 g/mol. The minimum Gasteiger partial charge on any atom is -0.392 e. The quantitative estimate of drug-likeness (QED) is 0.828. The highest BCUT2D eigenvalue weighted by atomic mass is 32.2. The predicted molar refractivity (Wildman–Crippen MR) is 79.1 cm³/mol. The van der Waals surface area contributed by atoms with Crippen molar-refractivity contribution in [2.75, 3.05) is 11.5 Å². The first-order chi connectivity index (χ1) is 9.59. The minimum atomic E-state index is -3.84. The molecule has 118 valence electrons. The summed E-state index contributed by atoms with van der Waals surface area (Å²) in [5, 5.41) is 9.22. The van der Waals surface area contributed by atoms with Gasteiger partial charge in [-0.25, -0.2) is 21.6 Å². The van der Waals surface area contributed by atoms with E-state index in [1.165, 1.54) is 6.07 Å². The van der Waals surface area contributed by atoms with Crippen molar-refractivity contribution in [3.63, 3.8) is 0 Å². The average molecular weight is 333 g/mol. The van der Waals surface area contributed by atoms with Gasteiger partial charge in [-0.15, -0.1) is 0 Å². The molecule has 1 heterocycles. The summed E-state index contributed by atoms with van der Waals surface area (Å²) in [5.74, 6) is -0.209. The van der Waals surface area contributed by atoms with Crippen LogP contribution in [-0.2, 0) is 26.5 Å². The van der Waals surface area contributed by atoms with Gasteiger partial charge in [0, 0.05) is 5.54 Å². The first kappa shape index (κ1) is 16.4. The van der Waals surface area contributed by atoms with E-state index in [2.05, 4.69) is 4.72 Å². The topological polar surface area (TPSA) is 101 Å². The maximum absolute atomic E-state index is 12.5. The maximum atomic E-state index is 12.5. The summed E-state index contributed by atoms with van der Waals surface area (Å²) in [7, 11) is -7.04. The second-order valence-electron chi connectivity index (χ2n) is 5.71. The van der Waals surface area contributed by atoms with Crippen LogP contribution >= 0.6 is 0 Å². The van der Waals surface area contributed by atoms with Gasteiger partial charge in [0.2, 0.25) is 10.0 Å². The molecule has 0 aliphatic carbocycles. The van der Waals surface area contributed by atoms with Crippen LogP contribution in [0.2, 0.25) is 0 Å². The molecule has 1 atom stereocenters. The largest absolute Gasteiger partial charge is 0.392 e. The molecule has 0 spiro atoms. The lowest BCUT2D eigenvalue weighted by Gasteiger charge is -2.24. The smallest absolute Gasteiger partial charge is 0.241 e. The molecule has 8 heteroatoms. The Morgan fingerprint density at radius 2 is 2.05 bits per heavy atom. The molecule has 2 N–H and O–H groups in total. The molecule has 0 bridgehead atoms. The molecule has 1 aromatic rings. The highest BCUT2D eigenvalue weighted by Crippen LogP contribution is 2.27. The lowest BCUT2D eigenvalue weighted by Crippen LogP contribution is -2.46. The van der Waals surface area contributed by atoms with E-state index in [-0.39, 0.29) is 29.4 Å². The molecule has 0 aromatic heterocycles. The van der Waals surface area contributed by atoms with E-state index >= 15 is 0 Å². The Hall–Kier alpha value is -0.960. The zero-order valence-electron chi connectivity index (χ0n) is 12.0. The molecule has 0 saturated carbocycles. The molecule has 1 aromatic carbocycles. The molecule has 21 heavy (non-hydrogen) atoms. The zero-order chi connectivity index (χ0) is 15.9. The standard InChI is InChI=1S/C13H19NO5S2/c1-10-11(8-15)4-3-5-12(10)21(18,19)14-13(2)6-7-20(16,17)9-13/h3-5,14-15H,6-9H2,1-2H3. The molecule has 1 unspecified atom stereocenters. The van der Waals surface area contributed by atoms with E-state index in [1.807, 2.05) is 0 Å². The van der Waals surface area contributed by atoms with Gasteiger partial charge in [-0.05, 0) is 37.5 Å². The van der Waals surface area contributed by atoms with Gasteiger partial charge in [-0.2, -0.15) is 0 Å². The van der Waals surface area contributed by atoms with Crippen molar-refractivity contribution in [2.24, 2.45) is 0 Å². The van der Waals surface area contributed by atoms with E-state index in [4.69, 9.17) is 0 Å². The Bertz CT molecular complexity index is 755. The first-order valence-electron chi connectivity index (χ1n) is 6.52. The van der Waals surface area contributed by atoms with Gasteiger partial charge in [0.15, 0.2) is 9.84 Å². The Kier molecular flexibility index (Phi) is 4.18. The molecule has 1 saturated heterocycles. The summed E-state index contributed by atoms with van der Waals surface area (Å²) in [6, 6.07) is 4.65. The van der Waals surface area contributed by atoms with Gasteiger partial charge in [0.05, 0.1) is 23.0 Å². The van der Waals surface area contributed by atoms with Gasteiger partial charge in [-0.1, -0.05) is 12.1 Å². The first-order valence-corrected chi connectivity index (χ1v) is 9.83. The summed E-state index contributed by atoms with van der Waals surface area (Å²) < 4.78 is 50.7. The van der Waals surface area contributed by atoms with Crippen LogP contribution in [0.15, 0.2) is 23.1 Å². The van der Waals surface area contributed by atoms with Crippen LogP contribution in [0.4, 0.5) is 0 Å². The van der Waals surface area contributed by atoms with Crippen molar-refractivity contribution in [2.45, 2.75) is 37.3 Å².